The van der Waals surface area contributed by atoms with Gasteiger partial charge in [-0.25, -0.2) is 14.8 Å². The minimum absolute atomic E-state index is 0.00229. The lowest BCUT2D eigenvalue weighted by Gasteiger charge is -2.39. The number of nitrogens with zero attached hydrogens (tertiary/aromatic N) is 4. The molecule has 320 valence electrons. The summed E-state index contributed by atoms with van der Waals surface area (Å²) in [5.41, 5.74) is 1.33. The molecule has 0 aromatic carbocycles. The van der Waals surface area contributed by atoms with E-state index in [0.717, 1.165) is 97.6 Å². The number of pyridine rings is 2. The molecule has 4 aliphatic rings. The zero-order valence-electron chi connectivity index (χ0n) is 34.4. The topological polar surface area (TPSA) is 174 Å². The van der Waals surface area contributed by atoms with Crippen molar-refractivity contribution >= 4 is 58.9 Å². The first-order chi connectivity index (χ1) is 28.1. The fourth-order valence-electron chi connectivity index (χ4n) is 7.95. The third-order valence-electron chi connectivity index (χ3n) is 11.2. The van der Waals surface area contributed by atoms with Crippen molar-refractivity contribution in [3.63, 3.8) is 0 Å². The predicted octanol–water partition coefficient (Wildman–Crippen LogP) is 7.66. The summed E-state index contributed by atoms with van der Waals surface area (Å²) >= 11 is 3.27. The molecule has 2 aliphatic carbocycles. The molecule has 2 amide bonds. The molecule has 4 fully saturated rings. The number of hydrogen-bond donors (Lipinski definition) is 4. The van der Waals surface area contributed by atoms with Gasteiger partial charge in [0.1, 0.15) is 28.3 Å². The molecule has 0 spiro atoms. The molecule has 2 saturated heterocycles. The van der Waals surface area contributed by atoms with Gasteiger partial charge in [-0.15, -0.1) is 23.5 Å². The number of nitrogens with one attached hydrogen (secondary N) is 2. The highest BCUT2D eigenvalue weighted by Crippen LogP contribution is 2.31. The quantitative estimate of drug-likeness (QED) is 0.108. The number of aliphatic carboxylic acids is 2. The number of carbonyl (C=O) groups is 4. The van der Waals surface area contributed by atoms with Crippen molar-refractivity contribution in [2.75, 3.05) is 54.1 Å². The zero-order valence-corrected chi connectivity index (χ0v) is 36.1. The number of carboxylic acids is 2. The van der Waals surface area contributed by atoms with Gasteiger partial charge in [0.2, 0.25) is 0 Å². The summed E-state index contributed by atoms with van der Waals surface area (Å²) in [6.07, 6.45) is 16.5. The average Bonchev–Trinajstić information content (AvgIpc) is 3.21. The van der Waals surface area contributed by atoms with E-state index >= 15 is 0 Å². The maximum atomic E-state index is 13.0. The molecule has 58 heavy (non-hydrogen) atoms. The number of carboxylic acid groups (broad SMARTS) is 2. The standard InChI is InChI=1S/C23H35N3O3S.C20H29N3O4S/c1-2-15-30-23-19(22(29)24-18-8-4-3-5-9-18)11-12-20(25-23)26-14-6-7-17(16-26)10-13-21(27)28;1-2-10-28-20-16(19(26)21-14-6-4-3-5-7-14)8-9-17(22-20)23-11-15(12-23)27-13-18(24)25/h11-12,17-18H,2-10,13-16H2,1H3,(H,24,29)(H,27,28);8-9,14-15H,2-7,10-13H2,1H3,(H,21,26)(H,24,25). The number of anilines is 2. The molecule has 15 heteroatoms. The van der Waals surface area contributed by atoms with Gasteiger partial charge in [-0.1, -0.05) is 52.4 Å². The van der Waals surface area contributed by atoms with Gasteiger partial charge in [-0.2, -0.15) is 0 Å². The van der Waals surface area contributed by atoms with Crippen molar-refractivity contribution in [3.8, 4) is 0 Å². The Kier molecular flexibility index (Phi) is 18.7. The maximum absolute atomic E-state index is 13.0. The highest BCUT2D eigenvalue weighted by molar-refractivity contribution is 7.99. The third kappa shape index (κ3) is 14.3. The number of carbonyl (C=O) groups excluding carboxylic acids is 2. The first kappa shape index (κ1) is 45.5. The number of amides is 2. The Balaban J connectivity index is 0.000000221. The van der Waals surface area contributed by atoms with E-state index in [0.29, 0.717) is 36.6 Å². The van der Waals surface area contributed by atoms with E-state index in [1.165, 1.54) is 38.5 Å². The van der Waals surface area contributed by atoms with Gasteiger partial charge >= 0.3 is 11.9 Å². The lowest BCUT2D eigenvalue weighted by molar-refractivity contribution is -0.144. The summed E-state index contributed by atoms with van der Waals surface area (Å²) in [6, 6.07) is 8.19. The predicted molar refractivity (Wildman–Crippen MR) is 231 cm³/mol. The van der Waals surface area contributed by atoms with Crippen molar-refractivity contribution in [2.45, 2.75) is 145 Å². The summed E-state index contributed by atoms with van der Waals surface area (Å²) in [6.45, 7) is 6.98. The van der Waals surface area contributed by atoms with E-state index in [4.69, 9.17) is 24.9 Å². The van der Waals surface area contributed by atoms with Crippen molar-refractivity contribution in [1.29, 1.82) is 0 Å². The van der Waals surface area contributed by atoms with Crippen LogP contribution >= 0.6 is 23.5 Å². The van der Waals surface area contributed by atoms with Gasteiger partial charge in [-0.05, 0) is 99.5 Å². The maximum Gasteiger partial charge on any atom is 0.329 e. The molecular weight excluding hydrogens is 777 g/mol. The van der Waals surface area contributed by atoms with E-state index in [1.807, 2.05) is 29.2 Å². The lowest BCUT2D eigenvalue weighted by Crippen LogP contribution is -2.53. The van der Waals surface area contributed by atoms with Gasteiger partial charge in [0.05, 0.1) is 17.2 Å². The first-order valence-corrected chi connectivity index (χ1v) is 23.5. The molecule has 2 aromatic rings. The molecular formula is C43H64N6O7S2. The molecule has 2 aromatic heterocycles. The van der Waals surface area contributed by atoms with Gasteiger partial charge in [0.25, 0.3) is 11.8 Å². The van der Waals surface area contributed by atoms with Crippen LogP contribution in [0, 0.1) is 5.92 Å². The molecule has 13 nitrogen and oxygen atoms in total. The van der Waals surface area contributed by atoms with Crippen LogP contribution in [-0.2, 0) is 14.3 Å². The minimum atomic E-state index is -0.955. The first-order valence-electron chi connectivity index (χ1n) is 21.6. The largest absolute Gasteiger partial charge is 0.481 e. The highest BCUT2D eigenvalue weighted by atomic mass is 32.2. The Morgan fingerprint density at radius 2 is 1.21 bits per heavy atom. The van der Waals surface area contributed by atoms with Crippen LogP contribution in [-0.4, -0.2) is 106 Å². The van der Waals surface area contributed by atoms with Crippen LogP contribution in [0.5, 0.6) is 0 Å². The Morgan fingerprint density at radius 3 is 1.69 bits per heavy atom. The van der Waals surface area contributed by atoms with Gasteiger partial charge in [0, 0.05) is 44.7 Å². The molecule has 4 N–H and O–H groups in total. The van der Waals surface area contributed by atoms with Gasteiger partial charge < -0.3 is 35.4 Å². The molecule has 0 radical (unpaired) electrons. The van der Waals surface area contributed by atoms with E-state index in [1.54, 1.807) is 23.5 Å². The SMILES string of the molecule is CCCSc1nc(N2CC(OCC(=O)O)C2)ccc1C(=O)NC1CCCCC1.CCCSc1nc(N2CCCC(CCC(=O)O)C2)ccc1C(=O)NC1CCCCC1. The molecule has 1 unspecified atom stereocenters. The second-order valence-corrected chi connectivity index (χ2v) is 18.1. The Labute approximate surface area is 352 Å². The van der Waals surface area contributed by atoms with Crippen LogP contribution in [0.4, 0.5) is 11.6 Å². The monoisotopic (exact) mass is 840 g/mol. The second kappa shape index (κ2) is 23.9. The van der Waals surface area contributed by atoms with Gasteiger partial charge in [-0.3, -0.25) is 14.4 Å². The normalized spacial score (nSPS) is 19.1. The molecule has 4 heterocycles. The third-order valence-corrected chi connectivity index (χ3v) is 13.6. The van der Waals surface area contributed by atoms with Crippen LogP contribution < -0.4 is 20.4 Å². The summed E-state index contributed by atoms with van der Waals surface area (Å²) in [5, 5.41) is 25.7. The number of hydrogen-bond acceptors (Lipinski definition) is 11. The van der Waals surface area contributed by atoms with E-state index in [-0.39, 0.29) is 43.0 Å². The Morgan fingerprint density at radius 1 is 0.690 bits per heavy atom. The Hall–Kier alpha value is -3.56. The van der Waals surface area contributed by atoms with Crippen LogP contribution in [0.15, 0.2) is 34.3 Å². The van der Waals surface area contributed by atoms with Crippen LogP contribution in [0.25, 0.3) is 0 Å². The van der Waals surface area contributed by atoms with Crippen molar-refractivity contribution in [3.05, 3.63) is 35.4 Å². The number of rotatable bonds is 18. The lowest BCUT2D eigenvalue weighted by atomic mass is 9.93. The van der Waals surface area contributed by atoms with Crippen molar-refractivity contribution in [1.82, 2.24) is 20.6 Å². The Bertz CT molecular complexity index is 1650. The highest BCUT2D eigenvalue weighted by Gasteiger charge is 2.30. The van der Waals surface area contributed by atoms with Crippen LogP contribution in [0.1, 0.15) is 137 Å². The minimum Gasteiger partial charge on any atom is -0.481 e. The van der Waals surface area contributed by atoms with E-state index < -0.39 is 11.9 Å². The molecule has 2 aliphatic heterocycles. The van der Waals surface area contributed by atoms with Crippen molar-refractivity contribution in [2.24, 2.45) is 5.92 Å². The van der Waals surface area contributed by atoms with Gasteiger partial charge in [0.15, 0.2) is 0 Å². The molecule has 2 saturated carbocycles. The summed E-state index contributed by atoms with van der Waals surface area (Å²) in [7, 11) is 0. The molecule has 0 bridgehead atoms. The second-order valence-electron chi connectivity index (χ2n) is 16.0. The van der Waals surface area contributed by atoms with Crippen LogP contribution in [0.2, 0.25) is 0 Å². The summed E-state index contributed by atoms with van der Waals surface area (Å²) in [4.78, 5) is 61.2. The van der Waals surface area contributed by atoms with Crippen LogP contribution in [0.3, 0.4) is 0 Å². The number of aromatic nitrogens is 2. The average molecular weight is 841 g/mol. The molecule has 6 rings (SSSR count). The zero-order chi connectivity index (χ0) is 41.3. The fourth-order valence-corrected chi connectivity index (χ4v) is 9.70. The van der Waals surface area contributed by atoms with E-state index in [2.05, 4.69) is 29.4 Å². The van der Waals surface area contributed by atoms with E-state index in [9.17, 15) is 19.2 Å². The molecule has 1 atom stereocenters. The summed E-state index contributed by atoms with van der Waals surface area (Å²) in [5.74, 6) is 2.23. The number of thioether (sulfide) groups is 2. The summed E-state index contributed by atoms with van der Waals surface area (Å²) < 4.78 is 5.29. The van der Waals surface area contributed by atoms with Crippen molar-refractivity contribution < 1.29 is 34.1 Å². The number of piperidine rings is 1. The smallest absolute Gasteiger partial charge is 0.329 e. The fraction of sp³-hybridized carbons (Fsp3) is 0.674. The number of ether oxygens (including phenoxy) is 1.